The van der Waals surface area contributed by atoms with Crippen LogP contribution >= 0.6 is 0 Å². The van der Waals surface area contributed by atoms with Crippen LogP contribution in [0.3, 0.4) is 0 Å². The van der Waals surface area contributed by atoms with Crippen LogP contribution in [-0.2, 0) is 4.79 Å². The molecule has 1 amide bonds. The third kappa shape index (κ3) is 1.64. The van der Waals surface area contributed by atoms with Crippen molar-refractivity contribution in [3.63, 3.8) is 0 Å². The second-order valence-corrected chi connectivity index (χ2v) is 6.48. The monoisotopic (exact) mass is 256 g/mol. The lowest BCUT2D eigenvalue weighted by Gasteiger charge is -2.42. The molecule has 1 aromatic rings. The zero-order chi connectivity index (χ0) is 13.0. The Morgan fingerprint density at radius 3 is 2.47 bits per heavy atom. The second-order valence-electron chi connectivity index (χ2n) is 6.48. The van der Waals surface area contributed by atoms with Crippen LogP contribution in [0.5, 0.6) is 0 Å². The summed E-state index contributed by atoms with van der Waals surface area (Å²) >= 11 is 0. The van der Waals surface area contributed by atoms with Crippen LogP contribution in [-0.4, -0.2) is 22.4 Å². The van der Waals surface area contributed by atoms with Crippen LogP contribution in [0.15, 0.2) is 30.3 Å². The first-order valence-electron chi connectivity index (χ1n) is 7.35. The normalized spacial score (nSPS) is 35.5. The topological polar surface area (TPSA) is 32.3 Å². The van der Waals surface area contributed by atoms with Gasteiger partial charge in [-0.25, -0.2) is 0 Å². The summed E-state index contributed by atoms with van der Waals surface area (Å²) in [5.74, 6) is 1.11. The maximum Gasteiger partial charge on any atom is 0.244 e. The lowest BCUT2D eigenvalue weighted by molar-refractivity contribution is -0.135. The molecule has 1 spiro atoms. The number of amides is 1. The van der Waals surface area contributed by atoms with Gasteiger partial charge in [0.2, 0.25) is 5.91 Å². The number of carbonyl (C=O) groups excluding carboxylic acids is 1. The molecular weight excluding hydrogens is 236 g/mol. The van der Waals surface area contributed by atoms with Gasteiger partial charge in [-0.15, -0.1) is 0 Å². The molecule has 1 aliphatic heterocycles. The van der Waals surface area contributed by atoms with E-state index in [9.17, 15) is 4.79 Å². The zero-order valence-corrected chi connectivity index (χ0v) is 11.3. The summed E-state index contributed by atoms with van der Waals surface area (Å²) in [5.41, 5.74) is 1.01. The summed E-state index contributed by atoms with van der Waals surface area (Å²) in [6, 6.07) is 10.8. The van der Waals surface area contributed by atoms with Crippen molar-refractivity contribution >= 4 is 5.91 Å². The smallest absolute Gasteiger partial charge is 0.244 e. The van der Waals surface area contributed by atoms with Gasteiger partial charge in [0.15, 0.2) is 0 Å². The number of hydrogen-bond acceptors (Lipinski definition) is 2. The maximum atomic E-state index is 12.7. The van der Waals surface area contributed by atoms with Crippen LogP contribution in [0, 0.1) is 5.92 Å². The molecule has 19 heavy (non-hydrogen) atoms. The quantitative estimate of drug-likeness (QED) is 0.881. The third-order valence-corrected chi connectivity index (χ3v) is 4.94. The molecule has 4 rings (SSSR count). The van der Waals surface area contributed by atoms with Gasteiger partial charge >= 0.3 is 0 Å². The Morgan fingerprint density at radius 1 is 1.21 bits per heavy atom. The Hall–Kier alpha value is -1.35. The molecule has 3 heteroatoms. The van der Waals surface area contributed by atoms with Gasteiger partial charge in [-0.2, -0.15) is 0 Å². The number of carbonyl (C=O) groups is 1. The molecule has 100 valence electrons. The molecule has 2 aliphatic carbocycles. The average molecular weight is 256 g/mol. The van der Waals surface area contributed by atoms with Gasteiger partial charge in [0.1, 0.15) is 11.7 Å². The summed E-state index contributed by atoms with van der Waals surface area (Å²) in [6.45, 7) is 2.27. The van der Waals surface area contributed by atoms with E-state index in [0.29, 0.717) is 11.9 Å². The van der Waals surface area contributed by atoms with Gasteiger partial charge in [-0.3, -0.25) is 10.1 Å². The molecular formula is C16H20N2O. The summed E-state index contributed by atoms with van der Waals surface area (Å²) < 4.78 is 0. The van der Waals surface area contributed by atoms with Crippen LogP contribution in [0.25, 0.3) is 0 Å². The van der Waals surface area contributed by atoms with Gasteiger partial charge in [0, 0.05) is 6.04 Å². The fraction of sp³-hybridized carbons (Fsp3) is 0.562. The van der Waals surface area contributed by atoms with E-state index < -0.39 is 0 Å². The van der Waals surface area contributed by atoms with Gasteiger partial charge in [0.25, 0.3) is 0 Å². The number of benzene rings is 1. The van der Waals surface area contributed by atoms with Crippen LogP contribution in [0.1, 0.15) is 44.3 Å². The Balaban J connectivity index is 1.66. The number of rotatable bonds is 2. The number of nitrogens with zero attached hydrogens (tertiary/aromatic N) is 1. The van der Waals surface area contributed by atoms with Crippen LogP contribution in [0.4, 0.5) is 0 Å². The van der Waals surface area contributed by atoms with E-state index in [-0.39, 0.29) is 11.7 Å². The summed E-state index contributed by atoms with van der Waals surface area (Å²) in [5, 5.41) is 3.60. The Bertz CT molecular complexity index is 503. The molecule has 1 unspecified atom stereocenters. The second kappa shape index (κ2) is 3.83. The Morgan fingerprint density at radius 2 is 1.89 bits per heavy atom. The highest BCUT2D eigenvalue weighted by Crippen LogP contribution is 2.49. The Labute approximate surface area is 114 Å². The minimum atomic E-state index is -0.209. The summed E-state index contributed by atoms with van der Waals surface area (Å²) in [6.07, 6.45) is 4.43. The van der Waals surface area contributed by atoms with Crippen molar-refractivity contribution in [3.8, 4) is 0 Å². The summed E-state index contributed by atoms with van der Waals surface area (Å²) in [7, 11) is 0. The first-order valence-corrected chi connectivity index (χ1v) is 7.35. The molecule has 3 aliphatic rings. The standard InChI is InChI=1S/C16H20N2O/c1-11-9-13(10-11)18-14(12-5-3-2-4-6-12)17-16(7-8-16)15(18)19/h2-6,11,13-14,17H,7-10H2,1H3. The number of hydrogen-bond donors (Lipinski definition) is 1. The van der Waals surface area contributed by atoms with Crippen molar-refractivity contribution in [3.05, 3.63) is 35.9 Å². The van der Waals surface area contributed by atoms with Crippen molar-refractivity contribution < 1.29 is 4.79 Å². The van der Waals surface area contributed by atoms with Crippen molar-refractivity contribution in [1.29, 1.82) is 0 Å². The van der Waals surface area contributed by atoms with Crippen molar-refractivity contribution in [2.24, 2.45) is 5.92 Å². The molecule has 2 saturated carbocycles. The first-order chi connectivity index (χ1) is 9.20. The van der Waals surface area contributed by atoms with E-state index in [4.69, 9.17) is 0 Å². The molecule has 0 bridgehead atoms. The largest absolute Gasteiger partial charge is 0.318 e. The molecule has 0 aromatic heterocycles. The SMILES string of the molecule is CC1CC(N2C(=O)C3(CC3)NC2c2ccccc2)C1. The molecule has 1 heterocycles. The first kappa shape index (κ1) is 11.5. The van der Waals surface area contributed by atoms with E-state index in [0.717, 1.165) is 31.6 Å². The predicted molar refractivity (Wildman–Crippen MR) is 73.3 cm³/mol. The minimum Gasteiger partial charge on any atom is -0.318 e. The molecule has 1 atom stereocenters. The fourth-order valence-electron chi connectivity index (χ4n) is 3.58. The van der Waals surface area contributed by atoms with E-state index in [1.807, 2.05) is 6.07 Å². The lowest BCUT2D eigenvalue weighted by atomic mass is 9.80. The van der Waals surface area contributed by atoms with Gasteiger partial charge in [-0.05, 0) is 37.2 Å². The van der Waals surface area contributed by atoms with Gasteiger partial charge in [0.05, 0.1) is 0 Å². The highest BCUT2D eigenvalue weighted by Gasteiger charge is 2.61. The molecule has 0 radical (unpaired) electrons. The van der Waals surface area contributed by atoms with Gasteiger partial charge < -0.3 is 4.90 Å². The predicted octanol–water partition coefficient (Wildman–Crippen LogP) is 2.45. The fourth-order valence-corrected chi connectivity index (χ4v) is 3.58. The maximum absolute atomic E-state index is 12.7. The van der Waals surface area contributed by atoms with Gasteiger partial charge in [-0.1, -0.05) is 37.3 Å². The van der Waals surface area contributed by atoms with E-state index in [1.165, 1.54) is 5.56 Å². The zero-order valence-electron chi connectivity index (χ0n) is 11.3. The highest BCUT2D eigenvalue weighted by molar-refractivity contribution is 5.92. The van der Waals surface area contributed by atoms with E-state index >= 15 is 0 Å². The molecule has 3 nitrogen and oxygen atoms in total. The molecule has 1 N–H and O–H groups in total. The van der Waals surface area contributed by atoms with Crippen LogP contribution in [0.2, 0.25) is 0 Å². The van der Waals surface area contributed by atoms with E-state index in [2.05, 4.69) is 41.4 Å². The molecule has 1 aromatic carbocycles. The lowest BCUT2D eigenvalue weighted by Crippen LogP contribution is -2.47. The van der Waals surface area contributed by atoms with E-state index in [1.54, 1.807) is 0 Å². The minimum absolute atomic E-state index is 0.0914. The third-order valence-electron chi connectivity index (χ3n) is 4.94. The number of nitrogens with one attached hydrogen (secondary N) is 1. The molecule has 1 saturated heterocycles. The van der Waals surface area contributed by atoms with Crippen molar-refractivity contribution in [2.75, 3.05) is 0 Å². The van der Waals surface area contributed by atoms with Crippen molar-refractivity contribution in [2.45, 2.75) is 50.4 Å². The Kier molecular flexibility index (Phi) is 2.31. The average Bonchev–Trinajstić information content (AvgIpc) is 3.11. The van der Waals surface area contributed by atoms with Crippen LogP contribution < -0.4 is 5.32 Å². The molecule has 3 fully saturated rings. The summed E-state index contributed by atoms with van der Waals surface area (Å²) in [4.78, 5) is 14.8. The van der Waals surface area contributed by atoms with Crippen molar-refractivity contribution in [1.82, 2.24) is 10.2 Å². The highest BCUT2D eigenvalue weighted by atomic mass is 16.2.